The fourth-order valence-corrected chi connectivity index (χ4v) is 3.28. The minimum absolute atomic E-state index is 0.639. The van der Waals surface area contributed by atoms with Crippen LogP contribution in [-0.2, 0) is 6.54 Å². The average molecular weight is 339 g/mol. The van der Waals surface area contributed by atoms with E-state index in [9.17, 15) is 0 Å². The first-order chi connectivity index (χ1) is 11.8. The molecule has 2 heterocycles. The van der Waals surface area contributed by atoms with Gasteiger partial charge in [-0.05, 0) is 36.6 Å². The SMILES string of the molecule is Clc1ccccc1CNc1nc(N2CCCC2)nc2ccccc12. The van der Waals surface area contributed by atoms with Crippen molar-refractivity contribution in [2.75, 3.05) is 23.3 Å². The van der Waals surface area contributed by atoms with E-state index in [-0.39, 0.29) is 0 Å². The Morgan fingerprint density at radius 2 is 1.71 bits per heavy atom. The lowest BCUT2D eigenvalue weighted by atomic mass is 10.2. The zero-order valence-corrected chi connectivity index (χ0v) is 14.1. The fraction of sp³-hybridized carbons (Fsp3) is 0.263. The Kier molecular flexibility index (Phi) is 4.22. The maximum absolute atomic E-state index is 6.26. The zero-order chi connectivity index (χ0) is 16.4. The molecule has 122 valence electrons. The Morgan fingerprint density at radius 1 is 0.958 bits per heavy atom. The number of rotatable bonds is 4. The van der Waals surface area contributed by atoms with Gasteiger partial charge in [-0.15, -0.1) is 0 Å². The van der Waals surface area contributed by atoms with Gasteiger partial charge in [-0.1, -0.05) is 41.9 Å². The maximum Gasteiger partial charge on any atom is 0.227 e. The van der Waals surface area contributed by atoms with E-state index in [0.29, 0.717) is 6.54 Å². The molecule has 0 bridgehead atoms. The summed E-state index contributed by atoms with van der Waals surface area (Å²) in [6.07, 6.45) is 2.41. The van der Waals surface area contributed by atoms with E-state index in [4.69, 9.17) is 21.6 Å². The van der Waals surface area contributed by atoms with Gasteiger partial charge in [-0.2, -0.15) is 4.98 Å². The number of hydrogen-bond donors (Lipinski definition) is 1. The number of para-hydroxylation sites is 1. The molecule has 1 saturated heterocycles. The molecule has 0 unspecified atom stereocenters. The quantitative estimate of drug-likeness (QED) is 0.760. The van der Waals surface area contributed by atoms with Crippen LogP contribution in [0.2, 0.25) is 5.02 Å². The third-order valence-corrected chi connectivity index (χ3v) is 4.75. The predicted molar refractivity (Wildman–Crippen MR) is 99.8 cm³/mol. The van der Waals surface area contributed by atoms with E-state index in [1.807, 2.05) is 42.5 Å². The van der Waals surface area contributed by atoms with Crippen LogP contribution in [0.4, 0.5) is 11.8 Å². The van der Waals surface area contributed by atoms with Gasteiger partial charge in [0.1, 0.15) is 5.82 Å². The molecule has 0 spiro atoms. The van der Waals surface area contributed by atoms with Crippen LogP contribution in [0.15, 0.2) is 48.5 Å². The Hall–Kier alpha value is -2.33. The topological polar surface area (TPSA) is 41.1 Å². The first kappa shape index (κ1) is 15.2. The van der Waals surface area contributed by atoms with E-state index < -0.39 is 0 Å². The van der Waals surface area contributed by atoms with Crippen LogP contribution in [0.5, 0.6) is 0 Å². The number of anilines is 2. The highest BCUT2D eigenvalue weighted by Gasteiger charge is 2.17. The maximum atomic E-state index is 6.26. The molecule has 0 aliphatic carbocycles. The van der Waals surface area contributed by atoms with Crippen LogP contribution in [0.25, 0.3) is 10.9 Å². The first-order valence-electron chi connectivity index (χ1n) is 8.30. The van der Waals surface area contributed by atoms with E-state index in [1.165, 1.54) is 12.8 Å². The third kappa shape index (κ3) is 3.02. The number of hydrogen-bond acceptors (Lipinski definition) is 4. The molecule has 1 N–H and O–H groups in total. The third-order valence-electron chi connectivity index (χ3n) is 4.38. The molecular formula is C19H19ClN4. The number of nitrogens with zero attached hydrogens (tertiary/aromatic N) is 3. The summed E-state index contributed by atoms with van der Waals surface area (Å²) in [5.74, 6) is 1.68. The van der Waals surface area contributed by atoms with Gasteiger partial charge in [0.15, 0.2) is 0 Å². The summed E-state index contributed by atoms with van der Waals surface area (Å²) in [5.41, 5.74) is 2.03. The molecule has 1 aromatic heterocycles. The smallest absolute Gasteiger partial charge is 0.227 e. The van der Waals surface area contributed by atoms with E-state index in [2.05, 4.69) is 16.3 Å². The highest BCUT2D eigenvalue weighted by Crippen LogP contribution is 2.26. The molecule has 5 heteroatoms. The highest BCUT2D eigenvalue weighted by molar-refractivity contribution is 6.31. The molecule has 2 aromatic carbocycles. The first-order valence-corrected chi connectivity index (χ1v) is 8.68. The summed E-state index contributed by atoms with van der Waals surface area (Å²) in [6.45, 7) is 2.70. The lowest BCUT2D eigenvalue weighted by molar-refractivity contribution is 0.905. The van der Waals surface area contributed by atoms with Crippen molar-refractivity contribution in [3.63, 3.8) is 0 Å². The van der Waals surface area contributed by atoms with E-state index >= 15 is 0 Å². The van der Waals surface area contributed by atoms with Crippen molar-refractivity contribution in [1.82, 2.24) is 9.97 Å². The molecule has 0 radical (unpaired) electrons. The second-order valence-corrected chi connectivity index (χ2v) is 6.44. The van der Waals surface area contributed by atoms with Gasteiger partial charge in [0, 0.05) is 30.0 Å². The van der Waals surface area contributed by atoms with Crippen molar-refractivity contribution >= 4 is 34.3 Å². The van der Waals surface area contributed by atoms with Crippen LogP contribution in [0.3, 0.4) is 0 Å². The second-order valence-electron chi connectivity index (χ2n) is 6.03. The lowest BCUT2D eigenvalue weighted by Crippen LogP contribution is -2.21. The van der Waals surface area contributed by atoms with Gasteiger partial charge in [-0.3, -0.25) is 0 Å². The average Bonchev–Trinajstić information content (AvgIpc) is 3.15. The van der Waals surface area contributed by atoms with Gasteiger partial charge >= 0.3 is 0 Å². The van der Waals surface area contributed by atoms with Crippen molar-refractivity contribution in [2.45, 2.75) is 19.4 Å². The Morgan fingerprint density at radius 3 is 2.54 bits per heavy atom. The molecular weight excluding hydrogens is 320 g/mol. The number of fused-ring (bicyclic) bond motifs is 1. The fourth-order valence-electron chi connectivity index (χ4n) is 3.08. The lowest BCUT2D eigenvalue weighted by Gasteiger charge is -2.18. The largest absolute Gasteiger partial charge is 0.365 e. The normalized spacial score (nSPS) is 14.3. The molecule has 0 amide bonds. The van der Waals surface area contributed by atoms with Crippen molar-refractivity contribution in [3.8, 4) is 0 Å². The van der Waals surface area contributed by atoms with Gasteiger partial charge in [0.05, 0.1) is 5.52 Å². The highest BCUT2D eigenvalue weighted by atomic mass is 35.5. The minimum Gasteiger partial charge on any atom is -0.365 e. The molecule has 4 rings (SSSR count). The van der Waals surface area contributed by atoms with Gasteiger partial charge in [-0.25, -0.2) is 4.98 Å². The van der Waals surface area contributed by atoms with Crippen LogP contribution >= 0.6 is 11.6 Å². The van der Waals surface area contributed by atoms with Crippen molar-refractivity contribution in [2.24, 2.45) is 0 Å². The Bertz CT molecular complexity index is 859. The van der Waals surface area contributed by atoms with E-state index in [0.717, 1.165) is 46.3 Å². The molecule has 1 aliphatic heterocycles. The predicted octanol–water partition coefficient (Wildman–Crippen LogP) is 4.50. The summed E-state index contributed by atoms with van der Waals surface area (Å²) >= 11 is 6.26. The molecule has 3 aromatic rings. The summed E-state index contributed by atoms with van der Waals surface area (Å²) in [4.78, 5) is 11.8. The van der Waals surface area contributed by atoms with Crippen LogP contribution in [-0.4, -0.2) is 23.1 Å². The standard InChI is InChI=1S/C19H19ClN4/c20-16-9-3-1-7-14(16)13-21-18-15-8-2-4-10-17(15)22-19(23-18)24-11-5-6-12-24/h1-4,7-10H,5-6,11-13H2,(H,21,22,23). The van der Waals surface area contributed by atoms with Crippen molar-refractivity contribution < 1.29 is 0 Å². The van der Waals surface area contributed by atoms with Gasteiger partial charge in [0.2, 0.25) is 5.95 Å². The summed E-state index contributed by atoms with van der Waals surface area (Å²) in [7, 11) is 0. The van der Waals surface area contributed by atoms with Crippen molar-refractivity contribution in [1.29, 1.82) is 0 Å². The molecule has 24 heavy (non-hydrogen) atoms. The van der Waals surface area contributed by atoms with Crippen LogP contribution in [0.1, 0.15) is 18.4 Å². The number of nitrogens with one attached hydrogen (secondary N) is 1. The molecule has 0 atom stereocenters. The Balaban J connectivity index is 1.68. The molecule has 1 aliphatic rings. The second kappa shape index (κ2) is 6.65. The van der Waals surface area contributed by atoms with Crippen LogP contribution in [0, 0.1) is 0 Å². The van der Waals surface area contributed by atoms with Crippen LogP contribution < -0.4 is 10.2 Å². The molecule has 4 nitrogen and oxygen atoms in total. The minimum atomic E-state index is 0.639. The zero-order valence-electron chi connectivity index (χ0n) is 13.4. The van der Waals surface area contributed by atoms with Gasteiger partial charge < -0.3 is 10.2 Å². The number of benzene rings is 2. The number of halogens is 1. The number of aromatic nitrogens is 2. The molecule has 0 saturated carbocycles. The molecule has 1 fully saturated rings. The van der Waals surface area contributed by atoms with E-state index in [1.54, 1.807) is 0 Å². The summed E-state index contributed by atoms with van der Waals surface area (Å²) in [6, 6.07) is 16.0. The van der Waals surface area contributed by atoms with Crippen molar-refractivity contribution in [3.05, 3.63) is 59.1 Å². The van der Waals surface area contributed by atoms with Gasteiger partial charge in [0.25, 0.3) is 0 Å². The summed E-state index contributed by atoms with van der Waals surface area (Å²) < 4.78 is 0. The monoisotopic (exact) mass is 338 g/mol. The summed E-state index contributed by atoms with van der Waals surface area (Å²) in [5, 5.41) is 5.25. The Labute approximate surface area is 146 Å².